The van der Waals surface area contributed by atoms with Gasteiger partial charge in [-0.15, -0.1) is 0 Å². The Morgan fingerprint density at radius 3 is 2.29 bits per heavy atom. The van der Waals surface area contributed by atoms with Crippen molar-refractivity contribution in [1.82, 2.24) is 4.98 Å². The molecule has 0 amide bonds. The third-order valence-corrected chi connectivity index (χ3v) is 2.24. The number of H-pyrrole nitrogens is 1. The maximum atomic E-state index is 5.46. The van der Waals surface area contributed by atoms with Gasteiger partial charge in [0.2, 0.25) is 0 Å². The van der Waals surface area contributed by atoms with Crippen LogP contribution in [0.5, 0.6) is 0 Å². The molecule has 2 nitrogen and oxygen atoms in total. The van der Waals surface area contributed by atoms with E-state index in [1.807, 2.05) is 33.8 Å². The maximum Gasteiger partial charge on any atom is 0.0456 e. The van der Waals surface area contributed by atoms with Gasteiger partial charge in [-0.05, 0) is 36.9 Å². The summed E-state index contributed by atoms with van der Waals surface area (Å²) >= 11 is 0. The Kier molecular flexibility index (Phi) is 9.17. The molecule has 2 rings (SSSR count). The van der Waals surface area contributed by atoms with E-state index in [0.29, 0.717) is 0 Å². The van der Waals surface area contributed by atoms with Gasteiger partial charge in [-0.25, -0.2) is 0 Å². The molecule has 0 unspecified atom stereocenters. The zero-order valence-corrected chi connectivity index (χ0v) is 11.6. The number of benzene rings is 1. The van der Waals surface area contributed by atoms with Gasteiger partial charge in [-0.2, -0.15) is 0 Å². The molecule has 0 saturated heterocycles. The molecular weight excluding hydrogens is 208 g/mol. The molecule has 17 heavy (non-hydrogen) atoms. The van der Waals surface area contributed by atoms with Crippen molar-refractivity contribution in [2.75, 3.05) is 6.54 Å². The van der Waals surface area contributed by atoms with Crippen LogP contribution in [0.2, 0.25) is 0 Å². The number of aromatic amines is 1. The molecule has 1 aromatic carbocycles. The molecule has 1 aromatic heterocycles. The van der Waals surface area contributed by atoms with E-state index in [1.165, 1.54) is 16.6 Å². The molecule has 0 radical (unpaired) electrons. The summed E-state index contributed by atoms with van der Waals surface area (Å²) in [6, 6.07) is 10.5. The predicted octanol–water partition coefficient (Wildman–Crippen LogP) is 4.11. The Bertz CT molecular complexity index is 357. The lowest BCUT2D eigenvalue weighted by molar-refractivity contribution is 0.818. The number of nitrogens with two attached hydrogens (primary N) is 1. The van der Waals surface area contributed by atoms with Crippen molar-refractivity contribution >= 4 is 10.9 Å². The summed E-state index contributed by atoms with van der Waals surface area (Å²) in [5, 5.41) is 1.29. The van der Waals surface area contributed by atoms with E-state index in [4.69, 9.17) is 5.73 Å². The van der Waals surface area contributed by atoms with Gasteiger partial charge in [0.1, 0.15) is 0 Å². The predicted molar refractivity (Wildman–Crippen MR) is 78.4 cm³/mol. The van der Waals surface area contributed by atoms with Crippen molar-refractivity contribution in [1.29, 1.82) is 0 Å². The molecule has 2 aromatic rings. The first kappa shape index (κ1) is 15.7. The summed E-state index contributed by atoms with van der Waals surface area (Å²) in [6.07, 6.45) is 2.10. The van der Waals surface area contributed by atoms with Gasteiger partial charge >= 0.3 is 0 Å². The molecule has 0 spiro atoms. The quantitative estimate of drug-likeness (QED) is 0.824. The van der Waals surface area contributed by atoms with Crippen LogP contribution < -0.4 is 5.73 Å². The first-order valence-corrected chi connectivity index (χ1v) is 6.67. The van der Waals surface area contributed by atoms with Crippen molar-refractivity contribution in [3.05, 3.63) is 36.0 Å². The molecule has 0 aliphatic carbocycles. The first-order chi connectivity index (χ1) is 8.40. The summed E-state index contributed by atoms with van der Waals surface area (Å²) in [5.74, 6) is 0. The average Bonchev–Trinajstić information content (AvgIpc) is 2.83. The van der Waals surface area contributed by atoms with Crippen molar-refractivity contribution in [2.24, 2.45) is 5.73 Å². The number of fused-ring (bicyclic) bond motifs is 1. The van der Waals surface area contributed by atoms with Crippen LogP contribution in [-0.4, -0.2) is 11.5 Å². The van der Waals surface area contributed by atoms with Crippen LogP contribution in [0.15, 0.2) is 30.3 Å². The lowest BCUT2D eigenvalue weighted by Crippen LogP contribution is -2.00. The Labute approximate surface area is 105 Å². The van der Waals surface area contributed by atoms with E-state index >= 15 is 0 Å². The highest BCUT2D eigenvalue weighted by molar-refractivity contribution is 5.80. The molecule has 0 aliphatic rings. The number of rotatable bonds is 3. The minimum Gasteiger partial charge on any atom is -0.358 e. The van der Waals surface area contributed by atoms with Gasteiger partial charge in [0.05, 0.1) is 0 Å². The maximum absolute atomic E-state index is 5.46. The van der Waals surface area contributed by atoms with Crippen LogP contribution in [0.4, 0.5) is 0 Å². The zero-order chi connectivity index (χ0) is 13.1. The third kappa shape index (κ3) is 5.05. The van der Waals surface area contributed by atoms with E-state index in [0.717, 1.165) is 19.4 Å². The summed E-state index contributed by atoms with van der Waals surface area (Å²) in [4.78, 5) is 3.37. The number of hydrogen-bond acceptors (Lipinski definition) is 1. The SMILES string of the molecule is CC.CC.NCCCc1cc2ccccc2[nH]1. The molecular formula is C15H26N2. The summed E-state index contributed by atoms with van der Waals surface area (Å²) in [7, 11) is 0. The van der Waals surface area contributed by atoms with Gasteiger partial charge in [0.25, 0.3) is 0 Å². The lowest BCUT2D eigenvalue weighted by Gasteiger charge is -1.92. The standard InChI is InChI=1S/C11H14N2.2C2H6/c12-7-3-5-10-8-9-4-1-2-6-11(9)13-10;2*1-2/h1-2,4,6,8,13H,3,5,7,12H2;2*1-2H3. The van der Waals surface area contributed by atoms with E-state index in [-0.39, 0.29) is 0 Å². The van der Waals surface area contributed by atoms with Crippen molar-refractivity contribution < 1.29 is 0 Å². The molecule has 0 fully saturated rings. The van der Waals surface area contributed by atoms with Gasteiger partial charge < -0.3 is 10.7 Å². The van der Waals surface area contributed by atoms with Crippen LogP contribution in [0.1, 0.15) is 39.8 Å². The van der Waals surface area contributed by atoms with Gasteiger partial charge in [-0.3, -0.25) is 0 Å². The normalized spacial score (nSPS) is 9.00. The zero-order valence-electron chi connectivity index (χ0n) is 11.6. The third-order valence-electron chi connectivity index (χ3n) is 2.24. The fourth-order valence-corrected chi connectivity index (χ4v) is 1.56. The Balaban J connectivity index is 0.000000581. The molecule has 0 aliphatic heterocycles. The molecule has 0 saturated carbocycles. The van der Waals surface area contributed by atoms with E-state index < -0.39 is 0 Å². The Hall–Kier alpha value is -1.28. The first-order valence-electron chi connectivity index (χ1n) is 6.67. The topological polar surface area (TPSA) is 41.8 Å². The number of aryl methyl sites for hydroxylation is 1. The van der Waals surface area contributed by atoms with Crippen LogP contribution >= 0.6 is 0 Å². The molecule has 1 heterocycles. The number of para-hydroxylation sites is 1. The van der Waals surface area contributed by atoms with Crippen LogP contribution in [0, 0.1) is 0 Å². The fourth-order valence-electron chi connectivity index (χ4n) is 1.56. The molecule has 2 heteroatoms. The summed E-state index contributed by atoms with van der Waals surface area (Å²) < 4.78 is 0. The highest BCUT2D eigenvalue weighted by atomic mass is 14.7. The van der Waals surface area contributed by atoms with Gasteiger partial charge in [0.15, 0.2) is 0 Å². The number of hydrogen-bond donors (Lipinski definition) is 2. The second-order valence-corrected chi connectivity index (χ2v) is 3.27. The highest BCUT2D eigenvalue weighted by Gasteiger charge is 1.98. The second-order valence-electron chi connectivity index (χ2n) is 3.27. The van der Waals surface area contributed by atoms with Crippen LogP contribution in [0.3, 0.4) is 0 Å². The molecule has 0 bridgehead atoms. The van der Waals surface area contributed by atoms with Crippen molar-refractivity contribution in [2.45, 2.75) is 40.5 Å². The second kappa shape index (κ2) is 9.91. The average molecular weight is 234 g/mol. The largest absolute Gasteiger partial charge is 0.358 e. The van der Waals surface area contributed by atoms with Crippen molar-refractivity contribution in [3.8, 4) is 0 Å². The Morgan fingerprint density at radius 2 is 1.71 bits per heavy atom. The van der Waals surface area contributed by atoms with E-state index in [2.05, 4.69) is 29.2 Å². The smallest absolute Gasteiger partial charge is 0.0456 e. The minimum absolute atomic E-state index is 0.759. The van der Waals surface area contributed by atoms with E-state index in [1.54, 1.807) is 0 Å². The summed E-state index contributed by atoms with van der Waals surface area (Å²) in [6.45, 7) is 8.76. The number of nitrogens with one attached hydrogen (secondary N) is 1. The lowest BCUT2D eigenvalue weighted by atomic mass is 10.2. The summed E-state index contributed by atoms with van der Waals surface area (Å²) in [5.41, 5.74) is 7.96. The van der Waals surface area contributed by atoms with E-state index in [9.17, 15) is 0 Å². The Morgan fingerprint density at radius 1 is 1.06 bits per heavy atom. The van der Waals surface area contributed by atoms with Crippen LogP contribution in [-0.2, 0) is 6.42 Å². The monoisotopic (exact) mass is 234 g/mol. The highest BCUT2D eigenvalue weighted by Crippen LogP contribution is 2.15. The van der Waals surface area contributed by atoms with Crippen molar-refractivity contribution in [3.63, 3.8) is 0 Å². The fraction of sp³-hybridized carbons (Fsp3) is 0.467. The minimum atomic E-state index is 0.759. The van der Waals surface area contributed by atoms with Gasteiger partial charge in [0, 0.05) is 11.2 Å². The number of aromatic nitrogens is 1. The van der Waals surface area contributed by atoms with Crippen LogP contribution in [0.25, 0.3) is 10.9 Å². The molecule has 3 N–H and O–H groups in total. The molecule has 0 atom stereocenters. The molecule has 96 valence electrons. The van der Waals surface area contributed by atoms with Gasteiger partial charge in [-0.1, -0.05) is 45.9 Å².